The molecule has 0 radical (unpaired) electrons. The number of carbonyl (C=O) groups excluding carboxylic acids is 1. The van der Waals surface area contributed by atoms with Gasteiger partial charge < -0.3 is 24.3 Å². The van der Waals surface area contributed by atoms with Crippen LogP contribution in [0.2, 0.25) is 0 Å². The Labute approximate surface area is 208 Å². The van der Waals surface area contributed by atoms with Gasteiger partial charge in [-0.1, -0.05) is 6.07 Å². The summed E-state index contributed by atoms with van der Waals surface area (Å²) in [4.78, 5) is 32.3. The van der Waals surface area contributed by atoms with Gasteiger partial charge in [0.25, 0.3) is 5.56 Å². The van der Waals surface area contributed by atoms with Crippen LogP contribution in [0.4, 0.5) is 18.9 Å². The number of ether oxygens (including phenoxy) is 2. The van der Waals surface area contributed by atoms with Crippen LogP contribution < -0.4 is 19.9 Å². The van der Waals surface area contributed by atoms with Crippen LogP contribution >= 0.6 is 12.2 Å². The molecule has 3 aromatic rings. The first-order chi connectivity index (χ1) is 17.2. The van der Waals surface area contributed by atoms with Gasteiger partial charge >= 0.3 is 6.18 Å². The predicted molar refractivity (Wildman–Crippen MR) is 129 cm³/mol. The topological polar surface area (TPSA) is 79.8 Å². The summed E-state index contributed by atoms with van der Waals surface area (Å²) in [5.41, 5.74) is 0.0879. The molecule has 2 aliphatic rings. The summed E-state index contributed by atoms with van der Waals surface area (Å²) in [6, 6.07) is 8.52. The zero-order valence-electron chi connectivity index (χ0n) is 19.1. The highest BCUT2D eigenvalue weighted by molar-refractivity contribution is 7.71. The number of alkyl halides is 3. The first kappa shape index (κ1) is 24.2. The van der Waals surface area contributed by atoms with Crippen LogP contribution in [0.1, 0.15) is 18.4 Å². The van der Waals surface area contributed by atoms with Gasteiger partial charge in [-0.25, -0.2) is 0 Å². The second kappa shape index (κ2) is 9.49. The van der Waals surface area contributed by atoms with Gasteiger partial charge in [-0.05, 0) is 42.9 Å². The molecule has 0 saturated carbocycles. The number of carbonyl (C=O) groups is 1. The molecule has 1 aromatic heterocycles. The third-order valence-electron chi connectivity index (χ3n) is 6.42. The Hall–Kier alpha value is -3.54. The van der Waals surface area contributed by atoms with Gasteiger partial charge in [0.1, 0.15) is 0 Å². The van der Waals surface area contributed by atoms with E-state index in [-0.39, 0.29) is 36.0 Å². The maximum atomic E-state index is 13.0. The fourth-order valence-electron chi connectivity index (χ4n) is 4.49. The number of hydrogen-bond acceptors (Lipinski definition) is 6. The van der Waals surface area contributed by atoms with E-state index in [0.717, 1.165) is 12.1 Å². The van der Waals surface area contributed by atoms with Crippen LogP contribution in [-0.2, 0) is 17.5 Å². The highest BCUT2D eigenvalue weighted by Crippen LogP contribution is 2.34. The van der Waals surface area contributed by atoms with Crippen LogP contribution in [-0.4, -0.2) is 53.3 Å². The lowest BCUT2D eigenvalue weighted by Gasteiger charge is -2.36. The van der Waals surface area contributed by atoms with E-state index in [4.69, 9.17) is 21.7 Å². The maximum Gasteiger partial charge on any atom is 0.416 e. The molecule has 0 unspecified atom stereocenters. The maximum absolute atomic E-state index is 13.0. The van der Waals surface area contributed by atoms with Gasteiger partial charge in [0, 0.05) is 50.9 Å². The van der Waals surface area contributed by atoms with Gasteiger partial charge in [0.15, 0.2) is 16.3 Å². The first-order valence-electron chi connectivity index (χ1n) is 11.5. The van der Waals surface area contributed by atoms with Crippen LogP contribution in [0.3, 0.4) is 0 Å². The van der Waals surface area contributed by atoms with E-state index in [0.29, 0.717) is 60.7 Å². The van der Waals surface area contributed by atoms with Crippen molar-refractivity contribution in [3.63, 3.8) is 0 Å². The highest BCUT2D eigenvalue weighted by atomic mass is 32.1. The van der Waals surface area contributed by atoms with E-state index in [2.05, 4.69) is 4.98 Å². The summed E-state index contributed by atoms with van der Waals surface area (Å²) >= 11 is 5.35. The lowest BCUT2D eigenvalue weighted by molar-refractivity contribution is -0.137. The van der Waals surface area contributed by atoms with Crippen LogP contribution in [0.15, 0.2) is 41.2 Å². The molecule has 0 spiro atoms. The molecule has 190 valence electrons. The van der Waals surface area contributed by atoms with Gasteiger partial charge in [0.2, 0.25) is 12.7 Å². The molecule has 1 N–H and O–H groups in total. The molecule has 1 saturated heterocycles. The summed E-state index contributed by atoms with van der Waals surface area (Å²) in [7, 11) is 0. The molecule has 0 aliphatic carbocycles. The molecule has 1 amide bonds. The Balaban J connectivity index is 1.18. The molecule has 0 bridgehead atoms. The number of hydrogen-bond donors (Lipinski definition) is 1. The van der Waals surface area contributed by atoms with E-state index in [1.165, 1.54) is 10.6 Å². The Morgan fingerprint density at radius 3 is 2.50 bits per heavy atom. The molecule has 5 rings (SSSR count). The molecular formula is C24H23F3N4O4S. The number of fused-ring (bicyclic) bond motifs is 2. The van der Waals surface area contributed by atoms with Crippen molar-refractivity contribution in [2.24, 2.45) is 0 Å². The van der Waals surface area contributed by atoms with Crippen molar-refractivity contribution in [2.45, 2.75) is 25.6 Å². The van der Waals surface area contributed by atoms with Gasteiger partial charge in [0.05, 0.1) is 16.5 Å². The van der Waals surface area contributed by atoms with Gasteiger partial charge in [-0.15, -0.1) is 0 Å². The standard InChI is InChI=1S/C24H23F3N4O4S/c25-24(26,27)15-3-1-4-16(11-15)29-7-9-30(10-8-29)21(32)5-2-6-31-22(33)17-12-19-20(35-14-34-19)13-18(17)28-23(31)36/h1,3-4,11-13H,2,5-10,14H2,(H,28,36). The van der Waals surface area contributed by atoms with Gasteiger partial charge in [-0.3, -0.25) is 14.2 Å². The zero-order chi connectivity index (χ0) is 25.4. The normalized spacial score (nSPS) is 15.5. The molecule has 2 aliphatic heterocycles. The second-order valence-corrected chi connectivity index (χ2v) is 9.04. The van der Waals surface area contributed by atoms with Crippen molar-refractivity contribution in [2.75, 3.05) is 37.9 Å². The highest BCUT2D eigenvalue weighted by Gasteiger charge is 2.31. The van der Waals surface area contributed by atoms with Crippen LogP contribution in [0.25, 0.3) is 10.9 Å². The number of amides is 1. The van der Waals surface area contributed by atoms with Crippen molar-refractivity contribution in [1.29, 1.82) is 0 Å². The SMILES string of the molecule is O=C(CCCn1c(=S)[nH]c2cc3c(cc2c1=O)OCO3)N1CCN(c2cccc(C(F)(F)F)c2)CC1. The monoisotopic (exact) mass is 520 g/mol. The summed E-state index contributed by atoms with van der Waals surface area (Å²) in [5, 5.41) is 0.421. The Morgan fingerprint density at radius 1 is 1.06 bits per heavy atom. The molecule has 12 heteroatoms. The third kappa shape index (κ3) is 4.77. The van der Waals surface area contributed by atoms with E-state index in [1.54, 1.807) is 23.1 Å². The van der Waals surface area contributed by atoms with E-state index >= 15 is 0 Å². The van der Waals surface area contributed by atoms with E-state index in [9.17, 15) is 22.8 Å². The number of nitrogens with one attached hydrogen (secondary N) is 1. The molecule has 1 fully saturated rings. The molecule has 8 nitrogen and oxygen atoms in total. The molecule has 2 aromatic carbocycles. The average Bonchev–Trinajstić information content (AvgIpc) is 3.32. The predicted octanol–water partition coefficient (Wildman–Crippen LogP) is 3.94. The molecule has 0 atom stereocenters. The summed E-state index contributed by atoms with van der Waals surface area (Å²) < 4.78 is 51.4. The summed E-state index contributed by atoms with van der Waals surface area (Å²) in [6.45, 7) is 2.08. The number of anilines is 1. The minimum Gasteiger partial charge on any atom is -0.454 e. The summed E-state index contributed by atoms with van der Waals surface area (Å²) in [5.74, 6) is 0.978. The number of H-pyrrole nitrogens is 1. The van der Waals surface area contributed by atoms with E-state index < -0.39 is 11.7 Å². The van der Waals surface area contributed by atoms with Crippen LogP contribution in [0.5, 0.6) is 11.5 Å². The quantitative estimate of drug-likeness (QED) is 0.514. The fourth-order valence-corrected chi connectivity index (χ4v) is 4.77. The minimum absolute atomic E-state index is 0.0641. The van der Waals surface area contributed by atoms with Crippen molar-refractivity contribution in [3.05, 3.63) is 57.1 Å². The largest absolute Gasteiger partial charge is 0.454 e. The third-order valence-corrected chi connectivity index (χ3v) is 6.74. The van der Waals surface area contributed by atoms with Crippen molar-refractivity contribution in [3.8, 4) is 11.5 Å². The zero-order valence-corrected chi connectivity index (χ0v) is 20.0. The number of benzene rings is 2. The number of aromatic amines is 1. The van der Waals surface area contributed by atoms with Crippen molar-refractivity contribution >= 4 is 34.7 Å². The lowest BCUT2D eigenvalue weighted by atomic mass is 10.1. The second-order valence-electron chi connectivity index (χ2n) is 8.66. The first-order valence-corrected chi connectivity index (χ1v) is 11.9. The van der Waals surface area contributed by atoms with Crippen molar-refractivity contribution in [1.82, 2.24) is 14.5 Å². The summed E-state index contributed by atoms with van der Waals surface area (Å²) in [6.07, 6.45) is -3.75. The fraction of sp³-hybridized carbons (Fsp3) is 0.375. The number of nitrogens with zero attached hydrogens (tertiary/aromatic N) is 3. The number of halogens is 3. The van der Waals surface area contributed by atoms with Crippen LogP contribution in [0, 0.1) is 4.77 Å². The van der Waals surface area contributed by atoms with Gasteiger partial charge in [-0.2, -0.15) is 13.2 Å². The number of piperazine rings is 1. The lowest BCUT2D eigenvalue weighted by Crippen LogP contribution is -2.48. The Bertz CT molecular complexity index is 1430. The molecule has 3 heterocycles. The molecule has 36 heavy (non-hydrogen) atoms. The number of aromatic nitrogens is 2. The van der Waals surface area contributed by atoms with Crippen molar-refractivity contribution < 1.29 is 27.4 Å². The number of rotatable bonds is 5. The minimum atomic E-state index is -4.40. The smallest absolute Gasteiger partial charge is 0.416 e. The van der Waals surface area contributed by atoms with E-state index in [1.807, 2.05) is 4.90 Å². The Kier molecular flexibility index (Phi) is 6.37. The average molecular weight is 521 g/mol. The molecular weight excluding hydrogens is 497 g/mol. The Morgan fingerprint density at radius 2 is 1.78 bits per heavy atom.